The SMILES string of the molecule is CCCC(O)CNC(=O)NCCc1ccc(Cl)s1. The predicted octanol–water partition coefficient (Wildman–Crippen LogP) is 2.40. The van der Waals surface area contributed by atoms with Crippen LogP contribution in [0.1, 0.15) is 24.6 Å². The summed E-state index contributed by atoms with van der Waals surface area (Å²) in [6.45, 7) is 2.85. The first kappa shape index (κ1) is 15.3. The number of rotatable bonds is 7. The van der Waals surface area contributed by atoms with Crippen LogP contribution in [0.2, 0.25) is 4.34 Å². The lowest BCUT2D eigenvalue weighted by Crippen LogP contribution is -2.40. The van der Waals surface area contributed by atoms with Gasteiger partial charge >= 0.3 is 6.03 Å². The van der Waals surface area contributed by atoms with Gasteiger partial charge in [-0.3, -0.25) is 0 Å². The first-order chi connectivity index (χ1) is 8.61. The molecule has 6 heteroatoms. The summed E-state index contributed by atoms with van der Waals surface area (Å²) in [5.41, 5.74) is 0. The van der Waals surface area contributed by atoms with Crippen LogP contribution in [-0.2, 0) is 6.42 Å². The number of carbonyl (C=O) groups is 1. The van der Waals surface area contributed by atoms with Gasteiger partial charge in [0.1, 0.15) is 0 Å². The van der Waals surface area contributed by atoms with E-state index in [1.807, 2.05) is 19.1 Å². The quantitative estimate of drug-likeness (QED) is 0.722. The summed E-state index contributed by atoms with van der Waals surface area (Å²) in [6.07, 6.45) is 1.91. The van der Waals surface area contributed by atoms with Crippen molar-refractivity contribution in [3.05, 3.63) is 21.3 Å². The summed E-state index contributed by atoms with van der Waals surface area (Å²) >= 11 is 7.33. The Morgan fingerprint density at radius 2 is 2.28 bits per heavy atom. The molecule has 0 saturated heterocycles. The monoisotopic (exact) mass is 290 g/mol. The molecule has 0 saturated carbocycles. The van der Waals surface area contributed by atoms with E-state index in [0.29, 0.717) is 19.5 Å². The van der Waals surface area contributed by atoms with Gasteiger partial charge < -0.3 is 15.7 Å². The Labute approximate surface area is 116 Å². The molecule has 1 rings (SSSR count). The number of aliphatic hydroxyl groups excluding tert-OH is 1. The average molecular weight is 291 g/mol. The second-order valence-electron chi connectivity index (χ2n) is 4.04. The van der Waals surface area contributed by atoms with Crippen molar-refractivity contribution in [1.29, 1.82) is 0 Å². The van der Waals surface area contributed by atoms with Crippen LogP contribution in [0.15, 0.2) is 12.1 Å². The van der Waals surface area contributed by atoms with Gasteiger partial charge in [-0.1, -0.05) is 24.9 Å². The van der Waals surface area contributed by atoms with E-state index in [1.54, 1.807) is 0 Å². The average Bonchev–Trinajstić information content (AvgIpc) is 2.73. The molecule has 0 bridgehead atoms. The van der Waals surface area contributed by atoms with Crippen LogP contribution in [0.25, 0.3) is 0 Å². The molecule has 3 N–H and O–H groups in total. The van der Waals surface area contributed by atoms with E-state index in [2.05, 4.69) is 10.6 Å². The van der Waals surface area contributed by atoms with Crippen LogP contribution in [0, 0.1) is 0 Å². The maximum atomic E-state index is 11.4. The number of hydrogen-bond acceptors (Lipinski definition) is 3. The minimum absolute atomic E-state index is 0.243. The standard InChI is InChI=1S/C12H19ClN2O2S/c1-2-3-9(16)8-15-12(17)14-7-6-10-4-5-11(13)18-10/h4-5,9,16H,2-3,6-8H2,1H3,(H2,14,15,17). The summed E-state index contributed by atoms with van der Waals surface area (Å²) < 4.78 is 0.761. The molecule has 0 fully saturated rings. The van der Waals surface area contributed by atoms with Gasteiger partial charge in [0.15, 0.2) is 0 Å². The van der Waals surface area contributed by atoms with Gasteiger partial charge in [-0.25, -0.2) is 4.79 Å². The van der Waals surface area contributed by atoms with E-state index in [-0.39, 0.29) is 6.03 Å². The Morgan fingerprint density at radius 1 is 1.50 bits per heavy atom. The van der Waals surface area contributed by atoms with Gasteiger partial charge in [0.25, 0.3) is 0 Å². The summed E-state index contributed by atoms with van der Waals surface area (Å²) in [6, 6.07) is 3.56. The summed E-state index contributed by atoms with van der Waals surface area (Å²) in [5.74, 6) is 0. The highest BCUT2D eigenvalue weighted by molar-refractivity contribution is 7.16. The molecule has 1 heterocycles. The van der Waals surface area contributed by atoms with Crippen molar-refractivity contribution in [2.75, 3.05) is 13.1 Å². The van der Waals surface area contributed by atoms with Crippen molar-refractivity contribution < 1.29 is 9.90 Å². The summed E-state index contributed by atoms with van der Waals surface area (Å²) in [7, 11) is 0. The molecule has 1 aromatic rings. The largest absolute Gasteiger partial charge is 0.391 e. The van der Waals surface area contributed by atoms with E-state index in [1.165, 1.54) is 11.3 Å². The molecule has 0 aliphatic heterocycles. The molecule has 0 aliphatic carbocycles. The zero-order valence-electron chi connectivity index (χ0n) is 10.4. The Kier molecular flexibility index (Phi) is 7.08. The lowest BCUT2D eigenvalue weighted by Gasteiger charge is -2.11. The lowest BCUT2D eigenvalue weighted by atomic mass is 10.2. The maximum Gasteiger partial charge on any atom is 0.314 e. The zero-order chi connectivity index (χ0) is 13.4. The highest BCUT2D eigenvalue weighted by Gasteiger charge is 2.05. The van der Waals surface area contributed by atoms with Crippen LogP contribution in [0.5, 0.6) is 0 Å². The van der Waals surface area contributed by atoms with Gasteiger partial charge in [-0.05, 0) is 25.0 Å². The topological polar surface area (TPSA) is 61.4 Å². The Bertz CT molecular complexity index is 371. The van der Waals surface area contributed by atoms with Gasteiger partial charge in [0.2, 0.25) is 0 Å². The van der Waals surface area contributed by atoms with E-state index < -0.39 is 6.10 Å². The number of carbonyl (C=O) groups excluding carboxylic acids is 1. The van der Waals surface area contributed by atoms with Crippen LogP contribution in [-0.4, -0.2) is 30.3 Å². The Balaban J connectivity index is 2.10. The number of urea groups is 1. The fraction of sp³-hybridized carbons (Fsp3) is 0.583. The van der Waals surface area contributed by atoms with Gasteiger partial charge in [-0.15, -0.1) is 11.3 Å². The number of aliphatic hydroxyl groups is 1. The van der Waals surface area contributed by atoms with E-state index in [0.717, 1.165) is 22.1 Å². The minimum Gasteiger partial charge on any atom is -0.391 e. The van der Waals surface area contributed by atoms with Gasteiger partial charge in [0, 0.05) is 18.0 Å². The van der Waals surface area contributed by atoms with Crippen LogP contribution in [0.4, 0.5) is 4.79 Å². The normalized spacial score (nSPS) is 12.2. The van der Waals surface area contributed by atoms with Gasteiger partial charge in [0.05, 0.1) is 10.4 Å². The molecule has 0 spiro atoms. The molecule has 4 nitrogen and oxygen atoms in total. The molecule has 18 heavy (non-hydrogen) atoms. The molecule has 1 atom stereocenters. The number of nitrogens with one attached hydrogen (secondary N) is 2. The van der Waals surface area contributed by atoms with Crippen molar-refractivity contribution in [3.63, 3.8) is 0 Å². The number of hydrogen-bond donors (Lipinski definition) is 3. The molecule has 0 aromatic carbocycles. The van der Waals surface area contributed by atoms with Crippen molar-refractivity contribution >= 4 is 29.0 Å². The van der Waals surface area contributed by atoms with Crippen LogP contribution >= 0.6 is 22.9 Å². The van der Waals surface area contributed by atoms with E-state index >= 15 is 0 Å². The lowest BCUT2D eigenvalue weighted by molar-refractivity contribution is 0.160. The molecule has 1 unspecified atom stereocenters. The molecule has 1 aromatic heterocycles. The predicted molar refractivity (Wildman–Crippen MR) is 75.3 cm³/mol. The van der Waals surface area contributed by atoms with Crippen molar-refractivity contribution in [2.45, 2.75) is 32.3 Å². The molecule has 102 valence electrons. The smallest absolute Gasteiger partial charge is 0.314 e. The van der Waals surface area contributed by atoms with Crippen LogP contribution < -0.4 is 10.6 Å². The highest BCUT2D eigenvalue weighted by atomic mass is 35.5. The number of halogens is 1. The summed E-state index contributed by atoms with van der Waals surface area (Å²) in [5, 5.41) is 14.8. The minimum atomic E-state index is -0.461. The highest BCUT2D eigenvalue weighted by Crippen LogP contribution is 2.21. The first-order valence-electron chi connectivity index (χ1n) is 6.05. The van der Waals surface area contributed by atoms with Crippen molar-refractivity contribution in [3.8, 4) is 0 Å². The van der Waals surface area contributed by atoms with Crippen molar-refractivity contribution in [2.24, 2.45) is 0 Å². The van der Waals surface area contributed by atoms with Crippen LogP contribution in [0.3, 0.4) is 0 Å². The molecular formula is C12H19ClN2O2S. The third-order valence-corrected chi connectivity index (χ3v) is 3.70. The van der Waals surface area contributed by atoms with Gasteiger partial charge in [-0.2, -0.15) is 0 Å². The molecule has 0 aliphatic rings. The molecule has 0 radical (unpaired) electrons. The number of amides is 2. The zero-order valence-corrected chi connectivity index (χ0v) is 12.0. The number of thiophene rings is 1. The van der Waals surface area contributed by atoms with Crippen molar-refractivity contribution in [1.82, 2.24) is 10.6 Å². The third kappa shape index (κ3) is 6.23. The Hall–Kier alpha value is -0.780. The first-order valence-corrected chi connectivity index (χ1v) is 7.25. The summed E-state index contributed by atoms with van der Waals surface area (Å²) in [4.78, 5) is 12.5. The molecular weight excluding hydrogens is 272 g/mol. The molecule has 2 amide bonds. The fourth-order valence-corrected chi connectivity index (χ4v) is 2.58. The fourth-order valence-electron chi connectivity index (χ4n) is 1.49. The second-order valence-corrected chi connectivity index (χ2v) is 5.83. The second kappa shape index (κ2) is 8.34. The van der Waals surface area contributed by atoms with E-state index in [4.69, 9.17) is 11.6 Å². The maximum absolute atomic E-state index is 11.4. The Morgan fingerprint density at radius 3 is 2.89 bits per heavy atom. The van der Waals surface area contributed by atoms with E-state index in [9.17, 15) is 9.90 Å². The third-order valence-electron chi connectivity index (χ3n) is 2.41.